The summed E-state index contributed by atoms with van der Waals surface area (Å²) < 4.78 is 19.9. The minimum absolute atomic E-state index is 0.0588. The molecule has 2 aliphatic heterocycles. The Hall–Kier alpha value is -1.23. The summed E-state index contributed by atoms with van der Waals surface area (Å²) in [7, 11) is 0. The van der Waals surface area contributed by atoms with Gasteiger partial charge in [-0.1, -0.05) is 6.92 Å². The van der Waals surface area contributed by atoms with Gasteiger partial charge in [0, 0.05) is 16.9 Å². The SMILES string of the molecule is CCC1(Oc2cc(C(=O)O)ccc2F)CC2CCC1S2. The van der Waals surface area contributed by atoms with Gasteiger partial charge >= 0.3 is 5.97 Å². The number of carboxylic acids is 1. The number of ether oxygens (including phenoxy) is 1. The van der Waals surface area contributed by atoms with Crippen LogP contribution in [0.2, 0.25) is 0 Å². The van der Waals surface area contributed by atoms with Crippen molar-refractivity contribution in [2.75, 3.05) is 0 Å². The molecule has 5 heteroatoms. The molecule has 3 unspecified atom stereocenters. The van der Waals surface area contributed by atoms with E-state index >= 15 is 0 Å². The fourth-order valence-corrected chi connectivity index (χ4v) is 5.19. The van der Waals surface area contributed by atoms with Gasteiger partial charge in [-0.15, -0.1) is 0 Å². The van der Waals surface area contributed by atoms with Crippen molar-refractivity contribution in [1.82, 2.24) is 0 Å². The lowest BCUT2D eigenvalue weighted by Gasteiger charge is -2.36. The Labute approximate surface area is 121 Å². The van der Waals surface area contributed by atoms with Gasteiger partial charge in [-0.25, -0.2) is 9.18 Å². The number of halogens is 1. The molecule has 0 saturated carbocycles. The summed E-state index contributed by atoms with van der Waals surface area (Å²) in [6, 6.07) is 3.73. The molecule has 2 fully saturated rings. The molecule has 108 valence electrons. The maximum absolute atomic E-state index is 13.9. The molecule has 0 spiro atoms. The van der Waals surface area contributed by atoms with Crippen LogP contribution in [0.5, 0.6) is 5.75 Å². The Morgan fingerprint density at radius 3 is 2.90 bits per heavy atom. The third kappa shape index (κ3) is 2.18. The molecule has 2 heterocycles. The molecule has 1 aromatic rings. The van der Waals surface area contributed by atoms with Gasteiger partial charge in [-0.05, 0) is 37.5 Å². The lowest BCUT2D eigenvalue weighted by molar-refractivity contribution is 0.0425. The second kappa shape index (κ2) is 4.95. The van der Waals surface area contributed by atoms with E-state index in [0.717, 1.165) is 19.3 Å². The quantitative estimate of drug-likeness (QED) is 0.920. The summed E-state index contributed by atoms with van der Waals surface area (Å²) >= 11 is 1.93. The van der Waals surface area contributed by atoms with Gasteiger partial charge in [0.2, 0.25) is 0 Å². The average molecular weight is 296 g/mol. The molecule has 1 N–H and O–H groups in total. The largest absolute Gasteiger partial charge is 0.483 e. The number of benzene rings is 1. The van der Waals surface area contributed by atoms with E-state index in [9.17, 15) is 9.18 Å². The summed E-state index contributed by atoms with van der Waals surface area (Å²) in [5, 5.41) is 10.0. The summed E-state index contributed by atoms with van der Waals surface area (Å²) in [4.78, 5) is 11.0. The van der Waals surface area contributed by atoms with Crippen molar-refractivity contribution in [2.45, 2.75) is 48.7 Å². The lowest BCUT2D eigenvalue weighted by atomic mass is 9.82. The number of carbonyl (C=O) groups is 1. The van der Waals surface area contributed by atoms with Crippen LogP contribution in [0.1, 0.15) is 43.0 Å². The Morgan fingerprint density at radius 2 is 2.35 bits per heavy atom. The van der Waals surface area contributed by atoms with E-state index in [2.05, 4.69) is 6.92 Å². The van der Waals surface area contributed by atoms with Gasteiger partial charge in [0.15, 0.2) is 11.6 Å². The van der Waals surface area contributed by atoms with Gasteiger partial charge in [0.25, 0.3) is 0 Å². The monoisotopic (exact) mass is 296 g/mol. The van der Waals surface area contributed by atoms with E-state index in [1.54, 1.807) is 0 Å². The van der Waals surface area contributed by atoms with Crippen molar-refractivity contribution in [3.05, 3.63) is 29.6 Å². The molecule has 0 aliphatic carbocycles. The summed E-state index contributed by atoms with van der Waals surface area (Å²) in [6.07, 6.45) is 4.05. The van der Waals surface area contributed by atoms with Crippen molar-refractivity contribution in [2.24, 2.45) is 0 Å². The van der Waals surface area contributed by atoms with E-state index in [1.165, 1.54) is 24.6 Å². The van der Waals surface area contributed by atoms with Crippen molar-refractivity contribution < 1.29 is 19.0 Å². The van der Waals surface area contributed by atoms with Gasteiger partial charge < -0.3 is 9.84 Å². The number of hydrogen-bond acceptors (Lipinski definition) is 3. The summed E-state index contributed by atoms with van der Waals surface area (Å²) in [5.41, 5.74) is -0.283. The van der Waals surface area contributed by atoms with Crippen LogP contribution < -0.4 is 4.74 Å². The van der Waals surface area contributed by atoms with Crippen LogP contribution in [0.3, 0.4) is 0 Å². The summed E-state index contributed by atoms with van der Waals surface area (Å²) in [6.45, 7) is 2.06. The van der Waals surface area contributed by atoms with Crippen molar-refractivity contribution in [1.29, 1.82) is 0 Å². The second-order valence-electron chi connectivity index (χ2n) is 5.50. The van der Waals surface area contributed by atoms with E-state index in [1.807, 2.05) is 11.8 Å². The molecule has 2 bridgehead atoms. The van der Waals surface area contributed by atoms with Crippen LogP contribution in [0, 0.1) is 5.82 Å². The first-order valence-corrected chi connectivity index (χ1v) is 7.85. The van der Waals surface area contributed by atoms with Crippen LogP contribution >= 0.6 is 11.8 Å². The Balaban J connectivity index is 1.90. The van der Waals surface area contributed by atoms with E-state index in [0.29, 0.717) is 10.5 Å². The first kappa shape index (κ1) is 13.7. The van der Waals surface area contributed by atoms with Crippen molar-refractivity contribution in [3.63, 3.8) is 0 Å². The topological polar surface area (TPSA) is 46.5 Å². The molecule has 0 amide bonds. The molecule has 3 nitrogen and oxygen atoms in total. The number of fused-ring (bicyclic) bond motifs is 2. The maximum atomic E-state index is 13.9. The van der Waals surface area contributed by atoms with E-state index in [-0.39, 0.29) is 16.9 Å². The Morgan fingerprint density at radius 1 is 1.55 bits per heavy atom. The van der Waals surface area contributed by atoms with Crippen LogP contribution in [0.25, 0.3) is 0 Å². The molecule has 3 rings (SSSR count). The maximum Gasteiger partial charge on any atom is 0.335 e. The number of hydrogen-bond donors (Lipinski definition) is 1. The molecular weight excluding hydrogens is 279 g/mol. The predicted molar refractivity (Wildman–Crippen MR) is 76.0 cm³/mol. The van der Waals surface area contributed by atoms with Crippen LogP contribution in [0.15, 0.2) is 18.2 Å². The van der Waals surface area contributed by atoms with Gasteiger partial charge in [-0.3, -0.25) is 0 Å². The second-order valence-corrected chi connectivity index (χ2v) is 7.01. The number of thioether (sulfide) groups is 1. The Kier molecular flexibility index (Phi) is 3.40. The fraction of sp³-hybridized carbons (Fsp3) is 0.533. The first-order chi connectivity index (χ1) is 9.54. The highest BCUT2D eigenvalue weighted by atomic mass is 32.2. The standard InChI is InChI=1S/C15H17FO3S/c1-2-15(8-10-4-6-13(15)20-10)19-12-7-9(14(17)18)3-5-11(12)16/h3,5,7,10,13H,2,4,6,8H2,1H3,(H,17,18). The molecule has 3 atom stereocenters. The normalized spacial score (nSPS) is 31.5. The van der Waals surface area contributed by atoms with Crippen molar-refractivity contribution >= 4 is 17.7 Å². The molecule has 0 aromatic heterocycles. The summed E-state index contributed by atoms with van der Waals surface area (Å²) in [5.74, 6) is -1.49. The van der Waals surface area contributed by atoms with Crippen LogP contribution in [-0.4, -0.2) is 27.2 Å². The zero-order valence-electron chi connectivity index (χ0n) is 11.3. The van der Waals surface area contributed by atoms with Gasteiger partial charge in [0.1, 0.15) is 5.60 Å². The highest BCUT2D eigenvalue weighted by Crippen LogP contribution is 2.54. The third-order valence-corrected chi connectivity index (χ3v) is 6.14. The van der Waals surface area contributed by atoms with Crippen molar-refractivity contribution in [3.8, 4) is 5.75 Å². The number of rotatable bonds is 4. The number of carboxylic acid groups (broad SMARTS) is 1. The molecular formula is C15H17FO3S. The molecule has 1 aromatic carbocycles. The molecule has 20 heavy (non-hydrogen) atoms. The first-order valence-electron chi connectivity index (χ1n) is 6.91. The smallest absolute Gasteiger partial charge is 0.335 e. The number of aromatic carboxylic acids is 1. The lowest BCUT2D eigenvalue weighted by Crippen LogP contribution is -2.44. The van der Waals surface area contributed by atoms with Gasteiger partial charge in [0.05, 0.1) is 5.56 Å². The molecule has 2 aliphatic rings. The highest BCUT2D eigenvalue weighted by Gasteiger charge is 2.52. The zero-order chi connectivity index (χ0) is 14.3. The third-order valence-electron chi connectivity index (χ3n) is 4.36. The van der Waals surface area contributed by atoms with Crippen LogP contribution in [0.4, 0.5) is 4.39 Å². The van der Waals surface area contributed by atoms with E-state index < -0.39 is 11.8 Å². The van der Waals surface area contributed by atoms with E-state index in [4.69, 9.17) is 9.84 Å². The van der Waals surface area contributed by atoms with Gasteiger partial charge in [-0.2, -0.15) is 11.8 Å². The Bertz CT molecular complexity index is 548. The van der Waals surface area contributed by atoms with Crippen LogP contribution in [-0.2, 0) is 0 Å². The minimum atomic E-state index is -1.07. The highest BCUT2D eigenvalue weighted by molar-refractivity contribution is 8.01. The minimum Gasteiger partial charge on any atom is -0.483 e. The predicted octanol–water partition coefficient (Wildman–Crippen LogP) is 3.72. The molecule has 2 saturated heterocycles. The molecule has 0 radical (unpaired) electrons. The fourth-order valence-electron chi connectivity index (χ4n) is 3.24. The average Bonchev–Trinajstić information content (AvgIpc) is 3.02. The zero-order valence-corrected chi connectivity index (χ0v) is 12.1.